The Hall–Kier alpha value is -1.33. The van der Waals surface area contributed by atoms with E-state index in [1.807, 2.05) is 19.9 Å². The summed E-state index contributed by atoms with van der Waals surface area (Å²) in [5.74, 6) is -1.32. The fraction of sp³-hybridized carbons (Fsp3) is 0.500. The summed E-state index contributed by atoms with van der Waals surface area (Å²) in [4.78, 5) is 25.2. The Morgan fingerprint density at radius 1 is 1.29 bits per heavy atom. The zero-order chi connectivity index (χ0) is 15.9. The van der Waals surface area contributed by atoms with E-state index in [2.05, 4.69) is 4.74 Å². The molecule has 116 valence electrons. The van der Waals surface area contributed by atoms with E-state index in [1.54, 1.807) is 24.3 Å². The van der Waals surface area contributed by atoms with Gasteiger partial charge in [-0.3, -0.25) is 4.79 Å². The molecular weight excluding hydrogens is 288 g/mol. The minimum Gasteiger partial charge on any atom is -0.467 e. The van der Waals surface area contributed by atoms with Gasteiger partial charge in [0.05, 0.1) is 7.11 Å². The lowest BCUT2D eigenvalue weighted by Crippen LogP contribution is -2.52. The van der Waals surface area contributed by atoms with Crippen molar-refractivity contribution in [3.63, 3.8) is 0 Å². The normalized spacial score (nSPS) is 15.0. The van der Waals surface area contributed by atoms with Crippen LogP contribution in [0.5, 0.6) is 0 Å². The molecule has 1 aromatic rings. The molecule has 0 spiro atoms. The topological polar surface area (TPSA) is 63.6 Å². The molecule has 0 bridgehead atoms. The van der Waals surface area contributed by atoms with E-state index < -0.39 is 22.6 Å². The highest BCUT2D eigenvalue weighted by atomic mass is 32.2. The van der Waals surface area contributed by atoms with Gasteiger partial charge in [0.2, 0.25) is 10.7 Å². The molecule has 5 heteroatoms. The predicted molar refractivity (Wildman–Crippen MR) is 83.0 cm³/mol. The quantitative estimate of drug-likeness (QED) is 0.476. The average molecular weight is 310 g/mol. The van der Waals surface area contributed by atoms with Crippen LogP contribution in [0.25, 0.3) is 0 Å². The molecule has 0 fully saturated rings. The third-order valence-corrected chi connectivity index (χ3v) is 4.49. The Bertz CT molecular complexity index is 474. The first-order valence-electron chi connectivity index (χ1n) is 7.08. The summed E-state index contributed by atoms with van der Waals surface area (Å²) in [6.45, 7) is 3.81. The third-order valence-electron chi connectivity index (χ3n) is 3.48. The summed E-state index contributed by atoms with van der Waals surface area (Å²) in [6.07, 6.45) is 1.89. The predicted octanol–water partition coefficient (Wildman–Crippen LogP) is 3.04. The van der Waals surface area contributed by atoms with E-state index >= 15 is 0 Å². The van der Waals surface area contributed by atoms with Crippen LogP contribution in [0, 0.1) is 5.92 Å². The van der Waals surface area contributed by atoms with E-state index in [0.717, 1.165) is 18.2 Å². The van der Waals surface area contributed by atoms with Crippen LogP contribution in [0.1, 0.15) is 33.1 Å². The number of carbonyl (C=O) groups is 2. The molecule has 4 nitrogen and oxygen atoms in total. The Morgan fingerprint density at radius 3 is 2.38 bits per heavy atom. The maximum Gasteiger partial charge on any atom is 0.347 e. The molecule has 2 unspecified atom stereocenters. The van der Waals surface area contributed by atoms with Gasteiger partial charge >= 0.3 is 5.97 Å². The summed E-state index contributed by atoms with van der Waals surface area (Å²) in [5.41, 5.74) is -2.10. The second-order valence-electron chi connectivity index (χ2n) is 4.85. The highest BCUT2D eigenvalue weighted by Gasteiger charge is 2.50. The van der Waals surface area contributed by atoms with Crippen molar-refractivity contribution in [2.24, 2.45) is 5.92 Å². The van der Waals surface area contributed by atoms with Crippen molar-refractivity contribution in [3.05, 3.63) is 30.3 Å². The Kier molecular flexibility index (Phi) is 6.92. The number of methoxy groups -OCH3 is 1. The molecule has 0 radical (unpaired) electrons. The van der Waals surface area contributed by atoms with Crippen LogP contribution in [0.4, 0.5) is 0 Å². The summed E-state index contributed by atoms with van der Waals surface area (Å²) in [5, 5.41) is 10.2. The number of benzene rings is 1. The summed E-state index contributed by atoms with van der Waals surface area (Å²) >= 11 is 0.874. The SMILES string of the molecule is CCCC(CC)C(O)(C(=O)OC)C(=O)Sc1ccccc1. The van der Waals surface area contributed by atoms with E-state index in [4.69, 9.17) is 0 Å². The second kappa shape index (κ2) is 8.20. The van der Waals surface area contributed by atoms with Crippen molar-refractivity contribution in [3.8, 4) is 0 Å². The number of hydrogen-bond acceptors (Lipinski definition) is 5. The molecule has 0 saturated heterocycles. The van der Waals surface area contributed by atoms with Crippen LogP contribution >= 0.6 is 11.8 Å². The average Bonchev–Trinajstić information content (AvgIpc) is 2.51. The van der Waals surface area contributed by atoms with Gasteiger partial charge in [-0.1, -0.05) is 38.5 Å². The molecule has 0 heterocycles. The van der Waals surface area contributed by atoms with E-state index in [-0.39, 0.29) is 0 Å². The van der Waals surface area contributed by atoms with Gasteiger partial charge in [-0.2, -0.15) is 0 Å². The first kappa shape index (κ1) is 17.7. The lowest BCUT2D eigenvalue weighted by molar-refractivity contribution is -0.171. The molecule has 21 heavy (non-hydrogen) atoms. The van der Waals surface area contributed by atoms with Crippen LogP contribution in [-0.4, -0.2) is 28.9 Å². The number of aliphatic hydroxyl groups is 1. The van der Waals surface area contributed by atoms with Gasteiger partial charge in [-0.25, -0.2) is 4.79 Å². The van der Waals surface area contributed by atoms with Gasteiger partial charge in [0.1, 0.15) is 0 Å². The first-order chi connectivity index (χ1) is 10.00. The molecule has 0 saturated carbocycles. The molecule has 0 amide bonds. The maximum atomic E-state index is 12.5. The lowest BCUT2D eigenvalue weighted by Gasteiger charge is -2.31. The van der Waals surface area contributed by atoms with Gasteiger partial charge in [-0.15, -0.1) is 0 Å². The van der Waals surface area contributed by atoms with E-state index in [9.17, 15) is 14.7 Å². The Labute approximate surface area is 129 Å². The van der Waals surface area contributed by atoms with Crippen LogP contribution in [0.15, 0.2) is 35.2 Å². The largest absolute Gasteiger partial charge is 0.467 e. The molecule has 0 aromatic heterocycles. The molecular formula is C16H22O4S. The van der Waals surface area contributed by atoms with Crippen molar-refractivity contribution in [2.75, 3.05) is 7.11 Å². The van der Waals surface area contributed by atoms with Gasteiger partial charge in [0, 0.05) is 10.8 Å². The van der Waals surface area contributed by atoms with Gasteiger partial charge < -0.3 is 9.84 Å². The number of rotatable bonds is 7. The molecule has 1 N–H and O–H groups in total. The maximum absolute atomic E-state index is 12.5. The number of ether oxygens (including phenoxy) is 1. The van der Waals surface area contributed by atoms with Crippen molar-refractivity contribution in [1.82, 2.24) is 0 Å². The molecule has 0 aliphatic rings. The van der Waals surface area contributed by atoms with Gasteiger partial charge in [0.25, 0.3) is 0 Å². The zero-order valence-electron chi connectivity index (χ0n) is 12.7. The summed E-state index contributed by atoms with van der Waals surface area (Å²) in [7, 11) is 1.19. The standard InChI is InChI=1S/C16H22O4S/c1-4-9-12(5-2)16(19,14(17)20-3)15(18)21-13-10-7-6-8-11-13/h6-8,10-12,19H,4-5,9H2,1-3H3. The van der Waals surface area contributed by atoms with Crippen molar-refractivity contribution >= 4 is 22.8 Å². The minimum absolute atomic E-state index is 0.446. The lowest BCUT2D eigenvalue weighted by atomic mass is 9.83. The Balaban J connectivity index is 3.06. The number of esters is 1. The highest BCUT2D eigenvalue weighted by molar-refractivity contribution is 8.14. The minimum atomic E-state index is -2.10. The van der Waals surface area contributed by atoms with E-state index in [0.29, 0.717) is 17.7 Å². The molecule has 1 aromatic carbocycles. The monoisotopic (exact) mass is 310 g/mol. The number of carbonyl (C=O) groups excluding carboxylic acids is 2. The first-order valence-corrected chi connectivity index (χ1v) is 7.90. The van der Waals surface area contributed by atoms with Crippen molar-refractivity contribution < 1.29 is 19.4 Å². The second-order valence-corrected chi connectivity index (χ2v) is 5.90. The smallest absolute Gasteiger partial charge is 0.347 e. The fourth-order valence-electron chi connectivity index (χ4n) is 2.30. The van der Waals surface area contributed by atoms with Crippen molar-refractivity contribution in [2.45, 2.75) is 43.6 Å². The third kappa shape index (κ3) is 4.08. The van der Waals surface area contributed by atoms with Crippen LogP contribution in [-0.2, 0) is 14.3 Å². The number of hydrogen-bond donors (Lipinski definition) is 1. The van der Waals surface area contributed by atoms with E-state index in [1.165, 1.54) is 7.11 Å². The highest BCUT2D eigenvalue weighted by Crippen LogP contribution is 2.34. The van der Waals surface area contributed by atoms with Crippen LogP contribution in [0.2, 0.25) is 0 Å². The fourth-order valence-corrected chi connectivity index (χ4v) is 3.22. The van der Waals surface area contributed by atoms with Gasteiger partial charge in [0.15, 0.2) is 0 Å². The van der Waals surface area contributed by atoms with Crippen LogP contribution < -0.4 is 0 Å². The molecule has 1 rings (SSSR count). The zero-order valence-corrected chi connectivity index (χ0v) is 13.5. The van der Waals surface area contributed by atoms with Crippen LogP contribution in [0.3, 0.4) is 0 Å². The number of thioether (sulfide) groups is 1. The summed E-state index contributed by atoms with van der Waals surface area (Å²) in [6, 6.07) is 8.97. The molecule has 0 aliphatic heterocycles. The van der Waals surface area contributed by atoms with Crippen molar-refractivity contribution in [1.29, 1.82) is 0 Å². The summed E-state index contributed by atoms with van der Waals surface area (Å²) < 4.78 is 4.68. The van der Waals surface area contributed by atoms with Gasteiger partial charge in [-0.05, 0) is 36.7 Å². The molecule has 0 aliphatic carbocycles. The molecule has 2 atom stereocenters. The Morgan fingerprint density at radius 2 is 1.90 bits per heavy atom.